The number of urea groups is 1. The summed E-state index contributed by atoms with van der Waals surface area (Å²) < 4.78 is 5.29. The molecule has 2 aromatic heterocycles. The molecule has 1 aliphatic heterocycles. The minimum Gasteiger partial charge on any atom is -0.459 e. The zero-order chi connectivity index (χ0) is 26.6. The lowest BCUT2D eigenvalue weighted by atomic mass is 9.98. The van der Waals surface area contributed by atoms with Gasteiger partial charge in [0.25, 0.3) is 5.91 Å². The number of hydrogen-bond donors (Lipinski definition) is 2. The number of piperidine rings is 1. The molecule has 0 radical (unpaired) electrons. The molecular formula is C26H32N6O4S. The molecule has 1 aliphatic rings. The van der Waals surface area contributed by atoms with Crippen LogP contribution in [-0.4, -0.2) is 75.2 Å². The molecular weight excluding hydrogens is 492 g/mol. The van der Waals surface area contributed by atoms with E-state index < -0.39 is 11.6 Å². The van der Waals surface area contributed by atoms with Crippen molar-refractivity contribution in [2.24, 2.45) is 0 Å². The summed E-state index contributed by atoms with van der Waals surface area (Å²) in [6.07, 6.45) is 1.50. The highest BCUT2D eigenvalue weighted by Gasteiger charge is 2.28. The van der Waals surface area contributed by atoms with Gasteiger partial charge in [0.1, 0.15) is 17.8 Å². The van der Waals surface area contributed by atoms with Crippen LogP contribution in [0.2, 0.25) is 0 Å². The molecule has 0 atom stereocenters. The van der Waals surface area contributed by atoms with Crippen molar-refractivity contribution in [3.05, 3.63) is 52.5 Å². The summed E-state index contributed by atoms with van der Waals surface area (Å²) in [5.74, 6) is -0.138. The molecule has 1 aromatic carbocycles. The van der Waals surface area contributed by atoms with Crippen LogP contribution >= 0.6 is 11.3 Å². The van der Waals surface area contributed by atoms with Gasteiger partial charge >= 0.3 is 12.0 Å². The summed E-state index contributed by atoms with van der Waals surface area (Å²) in [5.41, 5.74) is 1.54. The van der Waals surface area contributed by atoms with E-state index in [4.69, 9.17) is 4.74 Å². The SMILES string of the molecule is CN(CC(=O)OC(C)(C)C)C(=O)c1csc(C2CCN(C(=O)Nc3cc(-c4ccccc4)[nH]n3)CC2)n1. The molecule has 2 N–H and O–H groups in total. The van der Waals surface area contributed by atoms with E-state index in [-0.39, 0.29) is 24.4 Å². The number of aromatic amines is 1. The molecule has 10 nitrogen and oxygen atoms in total. The molecule has 3 amide bonds. The van der Waals surface area contributed by atoms with Gasteiger partial charge in [-0.15, -0.1) is 11.3 Å². The Morgan fingerprint density at radius 1 is 1.19 bits per heavy atom. The number of hydrogen-bond acceptors (Lipinski definition) is 7. The van der Waals surface area contributed by atoms with Gasteiger partial charge in [-0.2, -0.15) is 5.10 Å². The molecule has 196 valence electrons. The molecule has 0 spiro atoms. The first kappa shape index (κ1) is 26.3. The van der Waals surface area contributed by atoms with E-state index in [1.807, 2.05) is 36.4 Å². The molecule has 0 aliphatic carbocycles. The van der Waals surface area contributed by atoms with E-state index in [9.17, 15) is 14.4 Å². The minimum atomic E-state index is -0.607. The lowest BCUT2D eigenvalue weighted by Gasteiger charge is -2.30. The van der Waals surface area contributed by atoms with Gasteiger partial charge in [0.05, 0.1) is 10.7 Å². The number of nitrogens with zero attached hydrogens (tertiary/aromatic N) is 4. The Bertz CT molecular complexity index is 1240. The zero-order valence-electron chi connectivity index (χ0n) is 21.5. The number of rotatable bonds is 6. The molecule has 4 rings (SSSR count). The number of amides is 3. The number of ether oxygens (including phenoxy) is 1. The Hall–Kier alpha value is -3.73. The van der Waals surface area contributed by atoms with Crippen LogP contribution in [0.3, 0.4) is 0 Å². The van der Waals surface area contributed by atoms with Gasteiger partial charge in [-0.3, -0.25) is 20.0 Å². The predicted molar refractivity (Wildman–Crippen MR) is 142 cm³/mol. The third kappa shape index (κ3) is 6.94. The number of anilines is 1. The third-order valence-electron chi connectivity index (χ3n) is 5.90. The Kier molecular flexibility index (Phi) is 7.91. The molecule has 37 heavy (non-hydrogen) atoms. The first-order chi connectivity index (χ1) is 17.6. The first-order valence-corrected chi connectivity index (χ1v) is 13.1. The van der Waals surface area contributed by atoms with Gasteiger partial charge in [-0.1, -0.05) is 30.3 Å². The number of likely N-dealkylation sites (tertiary alicyclic amines) is 1. The van der Waals surface area contributed by atoms with Crippen LogP contribution in [0.5, 0.6) is 0 Å². The summed E-state index contributed by atoms with van der Waals surface area (Å²) >= 11 is 1.44. The van der Waals surface area contributed by atoms with E-state index in [2.05, 4.69) is 20.5 Å². The average Bonchev–Trinajstić information content (AvgIpc) is 3.53. The second kappa shape index (κ2) is 11.1. The highest BCUT2D eigenvalue weighted by Crippen LogP contribution is 2.31. The Morgan fingerprint density at radius 2 is 1.89 bits per heavy atom. The minimum absolute atomic E-state index is 0.140. The number of carbonyl (C=O) groups is 3. The number of thiazole rings is 1. The quantitative estimate of drug-likeness (QED) is 0.462. The fourth-order valence-electron chi connectivity index (χ4n) is 4.08. The van der Waals surface area contributed by atoms with Gasteiger partial charge in [0.15, 0.2) is 5.82 Å². The highest BCUT2D eigenvalue weighted by molar-refractivity contribution is 7.09. The van der Waals surface area contributed by atoms with Crippen molar-refractivity contribution in [3.8, 4) is 11.3 Å². The number of nitrogens with one attached hydrogen (secondary N) is 2. The van der Waals surface area contributed by atoms with Crippen molar-refractivity contribution in [3.63, 3.8) is 0 Å². The van der Waals surface area contributed by atoms with Crippen molar-refractivity contribution in [2.45, 2.75) is 45.1 Å². The maximum absolute atomic E-state index is 12.8. The standard InChI is InChI=1S/C26H32N6O4S/c1-26(2,3)36-22(33)15-31(4)24(34)20-16-37-23(27-20)18-10-12-32(13-11-18)25(35)28-21-14-19(29-30-21)17-8-6-5-7-9-17/h5-9,14,16,18H,10-13,15H2,1-4H3,(H2,28,29,30,35). The molecule has 11 heteroatoms. The number of likely N-dealkylation sites (N-methyl/N-ethyl adjacent to an activating group) is 1. The molecule has 1 fully saturated rings. The summed E-state index contributed by atoms with van der Waals surface area (Å²) in [7, 11) is 1.56. The van der Waals surface area contributed by atoms with Gasteiger partial charge in [0, 0.05) is 37.5 Å². The van der Waals surface area contributed by atoms with Gasteiger partial charge < -0.3 is 14.5 Å². The van der Waals surface area contributed by atoms with E-state index in [0.717, 1.165) is 29.1 Å². The smallest absolute Gasteiger partial charge is 0.326 e. The maximum atomic E-state index is 12.8. The fraction of sp³-hybridized carbons (Fsp3) is 0.423. The molecule has 0 bridgehead atoms. The van der Waals surface area contributed by atoms with Crippen LogP contribution in [0.15, 0.2) is 41.8 Å². The molecule has 3 heterocycles. The second-order valence-corrected chi connectivity index (χ2v) is 10.9. The zero-order valence-corrected chi connectivity index (χ0v) is 22.3. The largest absolute Gasteiger partial charge is 0.459 e. The van der Waals surface area contributed by atoms with Crippen LogP contribution in [0.1, 0.15) is 55.0 Å². The predicted octanol–water partition coefficient (Wildman–Crippen LogP) is 4.36. The first-order valence-electron chi connectivity index (χ1n) is 12.2. The number of carbonyl (C=O) groups excluding carboxylic acids is 3. The maximum Gasteiger partial charge on any atom is 0.326 e. The van der Waals surface area contributed by atoms with Crippen molar-refractivity contribution < 1.29 is 19.1 Å². The van der Waals surface area contributed by atoms with E-state index in [0.29, 0.717) is 24.6 Å². The second-order valence-electron chi connectivity index (χ2n) is 10.0. The summed E-state index contributed by atoms with van der Waals surface area (Å²) in [6.45, 7) is 6.37. The van der Waals surface area contributed by atoms with E-state index in [1.165, 1.54) is 16.2 Å². The molecule has 3 aromatic rings. The lowest BCUT2D eigenvalue weighted by Crippen LogP contribution is -2.40. The van der Waals surface area contributed by atoms with Gasteiger partial charge in [0.2, 0.25) is 0 Å². The van der Waals surface area contributed by atoms with Crippen LogP contribution in [0.25, 0.3) is 11.3 Å². The highest BCUT2D eigenvalue weighted by atomic mass is 32.1. The molecule has 1 saturated heterocycles. The van der Waals surface area contributed by atoms with Crippen LogP contribution < -0.4 is 5.32 Å². The number of H-pyrrole nitrogens is 1. The van der Waals surface area contributed by atoms with Crippen molar-refractivity contribution in [1.82, 2.24) is 25.0 Å². The van der Waals surface area contributed by atoms with Gasteiger partial charge in [-0.05, 0) is 39.2 Å². The Morgan fingerprint density at radius 3 is 2.57 bits per heavy atom. The molecule has 0 unspecified atom stereocenters. The summed E-state index contributed by atoms with van der Waals surface area (Å²) in [6, 6.07) is 11.4. The fourth-order valence-corrected chi connectivity index (χ4v) is 5.04. The topological polar surface area (TPSA) is 121 Å². The van der Waals surface area contributed by atoms with Crippen LogP contribution in [0, 0.1) is 0 Å². The van der Waals surface area contributed by atoms with E-state index in [1.54, 1.807) is 38.1 Å². The Balaban J connectivity index is 1.27. The van der Waals surface area contributed by atoms with Crippen LogP contribution in [0.4, 0.5) is 10.6 Å². The summed E-state index contributed by atoms with van der Waals surface area (Å²) in [5, 5.41) is 12.6. The van der Waals surface area contributed by atoms with E-state index >= 15 is 0 Å². The number of esters is 1. The monoisotopic (exact) mass is 524 g/mol. The van der Waals surface area contributed by atoms with Crippen molar-refractivity contribution >= 4 is 35.1 Å². The summed E-state index contributed by atoms with van der Waals surface area (Å²) in [4.78, 5) is 45.2. The normalized spacial score (nSPS) is 14.3. The molecule has 0 saturated carbocycles. The number of aromatic nitrogens is 3. The average molecular weight is 525 g/mol. The number of benzene rings is 1. The van der Waals surface area contributed by atoms with Crippen molar-refractivity contribution in [1.29, 1.82) is 0 Å². The Labute approximate surface area is 220 Å². The van der Waals surface area contributed by atoms with Crippen LogP contribution in [-0.2, 0) is 9.53 Å². The van der Waals surface area contributed by atoms with Crippen molar-refractivity contribution in [2.75, 3.05) is 32.0 Å². The van der Waals surface area contributed by atoms with Gasteiger partial charge in [-0.25, -0.2) is 9.78 Å². The third-order valence-corrected chi connectivity index (χ3v) is 6.91. The lowest BCUT2D eigenvalue weighted by molar-refractivity contribution is -0.155.